The van der Waals surface area contributed by atoms with Gasteiger partial charge in [-0.25, -0.2) is 4.79 Å². The highest BCUT2D eigenvalue weighted by molar-refractivity contribution is 5.70. The van der Waals surface area contributed by atoms with Crippen LogP contribution < -0.4 is 4.74 Å². The summed E-state index contributed by atoms with van der Waals surface area (Å²) in [6, 6.07) is 16.5. The molecule has 1 saturated heterocycles. The highest BCUT2D eigenvalue weighted by Crippen LogP contribution is 2.36. The molecule has 0 spiro atoms. The van der Waals surface area contributed by atoms with Crippen molar-refractivity contribution in [1.82, 2.24) is 4.90 Å². The molecule has 1 heterocycles. The van der Waals surface area contributed by atoms with Crippen LogP contribution in [0, 0.1) is 0 Å². The van der Waals surface area contributed by atoms with Crippen LogP contribution in [0.4, 0.5) is 4.79 Å². The van der Waals surface area contributed by atoms with Crippen molar-refractivity contribution in [2.75, 3.05) is 6.54 Å². The Morgan fingerprint density at radius 3 is 2.20 bits per heavy atom. The first kappa shape index (κ1) is 17.3. The molecule has 132 valence electrons. The molecule has 1 aliphatic heterocycles. The summed E-state index contributed by atoms with van der Waals surface area (Å²) >= 11 is 0. The van der Waals surface area contributed by atoms with E-state index in [2.05, 4.69) is 0 Å². The number of amides is 1. The van der Waals surface area contributed by atoms with E-state index in [0.717, 1.165) is 11.3 Å². The number of benzene rings is 2. The molecule has 2 aromatic carbocycles. The number of carbonyl (C=O) groups is 1. The highest BCUT2D eigenvalue weighted by atomic mass is 16.6. The monoisotopic (exact) mass is 341 g/mol. The van der Waals surface area contributed by atoms with Crippen molar-refractivity contribution in [3.8, 4) is 11.5 Å². The molecule has 3 rings (SSSR count). The number of aliphatic hydroxyl groups is 1. The number of carbonyl (C=O) groups excluding carboxylic acids is 1. The molecule has 2 aromatic rings. The van der Waals surface area contributed by atoms with Crippen LogP contribution in [0.2, 0.25) is 0 Å². The minimum atomic E-state index is -0.589. The minimum absolute atomic E-state index is 0.280. The summed E-state index contributed by atoms with van der Waals surface area (Å²) in [4.78, 5) is 13.8. The predicted octanol–water partition coefficient (Wildman–Crippen LogP) is 4.13. The molecule has 0 saturated carbocycles. The van der Waals surface area contributed by atoms with Gasteiger partial charge in [0.1, 0.15) is 17.1 Å². The second-order valence-corrected chi connectivity index (χ2v) is 7.13. The topological polar surface area (TPSA) is 59.0 Å². The number of rotatable bonds is 3. The molecule has 2 unspecified atom stereocenters. The number of ether oxygens (including phenoxy) is 2. The molecule has 25 heavy (non-hydrogen) atoms. The fraction of sp³-hybridized carbons (Fsp3) is 0.350. The molecule has 0 radical (unpaired) electrons. The van der Waals surface area contributed by atoms with Crippen LogP contribution in [-0.2, 0) is 4.74 Å². The molecule has 5 nitrogen and oxygen atoms in total. The number of hydrogen-bond donors (Lipinski definition) is 1. The largest absolute Gasteiger partial charge is 0.457 e. The van der Waals surface area contributed by atoms with E-state index in [-0.39, 0.29) is 12.6 Å². The lowest BCUT2D eigenvalue weighted by atomic mass is 9.92. The average Bonchev–Trinajstić information content (AvgIpc) is 2.53. The van der Waals surface area contributed by atoms with Crippen molar-refractivity contribution >= 4 is 6.09 Å². The summed E-state index contributed by atoms with van der Waals surface area (Å²) in [6.07, 6.45) is -0.999. The zero-order valence-electron chi connectivity index (χ0n) is 14.7. The highest BCUT2D eigenvalue weighted by Gasteiger charge is 2.43. The fourth-order valence-corrected chi connectivity index (χ4v) is 2.75. The molecule has 2 atom stereocenters. The lowest BCUT2D eigenvalue weighted by molar-refractivity contribution is -0.0723. The maximum atomic E-state index is 12.2. The Morgan fingerprint density at radius 2 is 1.64 bits per heavy atom. The van der Waals surface area contributed by atoms with Crippen LogP contribution in [0.3, 0.4) is 0 Å². The van der Waals surface area contributed by atoms with Gasteiger partial charge in [-0.15, -0.1) is 0 Å². The standard InChI is InChI=1S/C20H23NO4/c1-20(2,3)25-19(23)21-13-17(22)18(21)14-9-11-16(12-10-14)24-15-7-5-4-6-8-15/h4-12,17-18,22H,13H2,1-3H3. The number of para-hydroxylation sites is 1. The Kier molecular flexibility index (Phi) is 4.68. The molecule has 0 aromatic heterocycles. The normalized spacial score (nSPS) is 19.9. The van der Waals surface area contributed by atoms with Crippen LogP contribution in [0.1, 0.15) is 32.4 Å². The number of nitrogens with zero attached hydrogens (tertiary/aromatic N) is 1. The van der Waals surface area contributed by atoms with Crippen molar-refractivity contribution in [2.24, 2.45) is 0 Å². The zero-order chi connectivity index (χ0) is 18.0. The van der Waals surface area contributed by atoms with Gasteiger partial charge >= 0.3 is 6.09 Å². The fourth-order valence-electron chi connectivity index (χ4n) is 2.75. The van der Waals surface area contributed by atoms with Crippen molar-refractivity contribution in [2.45, 2.75) is 38.5 Å². The first-order valence-corrected chi connectivity index (χ1v) is 8.34. The summed E-state index contributed by atoms with van der Waals surface area (Å²) in [5.74, 6) is 1.46. The second kappa shape index (κ2) is 6.76. The summed E-state index contributed by atoms with van der Waals surface area (Å²) in [5.41, 5.74) is 0.292. The van der Waals surface area contributed by atoms with Crippen LogP contribution >= 0.6 is 0 Å². The van der Waals surface area contributed by atoms with Gasteiger partial charge in [-0.3, -0.25) is 4.90 Å². The molecule has 5 heteroatoms. The number of hydrogen-bond acceptors (Lipinski definition) is 4. The van der Waals surface area contributed by atoms with Gasteiger partial charge in [0.2, 0.25) is 0 Å². The number of β-amino-alcohol motifs (C(OH)–C–C–N with tert-alkyl or cyclic N) is 1. The van der Waals surface area contributed by atoms with Crippen molar-refractivity contribution in [3.63, 3.8) is 0 Å². The van der Waals surface area contributed by atoms with Crippen LogP contribution in [0.15, 0.2) is 54.6 Å². The third kappa shape index (κ3) is 4.12. The van der Waals surface area contributed by atoms with E-state index in [1.54, 1.807) is 4.90 Å². The minimum Gasteiger partial charge on any atom is -0.457 e. The molecule has 0 bridgehead atoms. The maximum absolute atomic E-state index is 12.2. The molecule has 1 amide bonds. The van der Waals surface area contributed by atoms with E-state index in [9.17, 15) is 9.90 Å². The summed E-state index contributed by atoms with van der Waals surface area (Å²) in [6.45, 7) is 5.76. The SMILES string of the molecule is CC(C)(C)OC(=O)N1CC(O)C1c1ccc(Oc2ccccc2)cc1. The Morgan fingerprint density at radius 1 is 1.04 bits per heavy atom. The smallest absolute Gasteiger partial charge is 0.410 e. The van der Waals surface area contributed by atoms with E-state index < -0.39 is 17.8 Å². The summed E-state index contributed by atoms with van der Waals surface area (Å²) in [7, 11) is 0. The van der Waals surface area contributed by atoms with E-state index in [1.807, 2.05) is 75.4 Å². The molecular formula is C20H23NO4. The van der Waals surface area contributed by atoms with Crippen LogP contribution in [0.5, 0.6) is 11.5 Å². The number of likely N-dealkylation sites (tertiary alicyclic amines) is 1. The molecular weight excluding hydrogens is 318 g/mol. The maximum Gasteiger partial charge on any atom is 0.410 e. The van der Waals surface area contributed by atoms with Gasteiger partial charge in [-0.2, -0.15) is 0 Å². The van der Waals surface area contributed by atoms with Gasteiger partial charge in [0.15, 0.2) is 0 Å². The van der Waals surface area contributed by atoms with Gasteiger partial charge in [0.05, 0.1) is 18.7 Å². The van der Waals surface area contributed by atoms with Gasteiger partial charge in [0.25, 0.3) is 0 Å². The second-order valence-electron chi connectivity index (χ2n) is 7.13. The van der Waals surface area contributed by atoms with E-state index in [4.69, 9.17) is 9.47 Å². The molecule has 1 aliphatic rings. The molecule has 1 N–H and O–H groups in total. The van der Waals surface area contributed by atoms with Crippen molar-refractivity contribution < 1.29 is 19.4 Å². The van der Waals surface area contributed by atoms with Crippen molar-refractivity contribution in [3.05, 3.63) is 60.2 Å². The third-order valence-electron chi connectivity index (χ3n) is 3.91. The average molecular weight is 341 g/mol. The Bertz CT molecular complexity index is 722. The van der Waals surface area contributed by atoms with Gasteiger partial charge in [0, 0.05) is 0 Å². The Hall–Kier alpha value is -2.53. The molecule has 1 fully saturated rings. The van der Waals surface area contributed by atoms with Crippen LogP contribution in [0.25, 0.3) is 0 Å². The molecule has 0 aliphatic carbocycles. The first-order chi connectivity index (χ1) is 11.8. The first-order valence-electron chi connectivity index (χ1n) is 8.34. The van der Waals surface area contributed by atoms with Crippen LogP contribution in [-0.4, -0.2) is 34.3 Å². The zero-order valence-corrected chi connectivity index (χ0v) is 14.7. The van der Waals surface area contributed by atoms with E-state index >= 15 is 0 Å². The third-order valence-corrected chi connectivity index (χ3v) is 3.91. The van der Waals surface area contributed by atoms with Gasteiger partial charge < -0.3 is 14.6 Å². The number of aliphatic hydroxyl groups excluding tert-OH is 1. The Balaban J connectivity index is 1.69. The van der Waals surface area contributed by atoms with E-state index in [0.29, 0.717) is 5.75 Å². The van der Waals surface area contributed by atoms with E-state index in [1.165, 1.54) is 0 Å². The Labute approximate surface area is 147 Å². The van der Waals surface area contributed by atoms with Crippen molar-refractivity contribution in [1.29, 1.82) is 0 Å². The van der Waals surface area contributed by atoms with Gasteiger partial charge in [-0.1, -0.05) is 30.3 Å². The lowest BCUT2D eigenvalue weighted by Gasteiger charge is -2.45. The summed E-state index contributed by atoms with van der Waals surface area (Å²) < 4.78 is 11.2. The van der Waals surface area contributed by atoms with Gasteiger partial charge in [-0.05, 0) is 50.6 Å². The predicted molar refractivity (Wildman–Crippen MR) is 94.6 cm³/mol. The summed E-state index contributed by atoms with van der Waals surface area (Å²) in [5, 5.41) is 10.1. The lowest BCUT2D eigenvalue weighted by Crippen LogP contribution is -2.57. The quantitative estimate of drug-likeness (QED) is 0.912.